The molecule has 0 bridgehead atoms. The van der Waals surface area contributed by atoms with Crippen LogP contribution in [0.5, 0.6) is 0 Å². The van der Waals surface area contributed by atoms with Crippen molar-refractivity contribution in [1.82, 2.24) is 9.97 Å². The average molecular weight is 339 g/mol. The Morgan fingerprint density at radius 1 is 1.00 bits per heavy atom. The molecule has 2 aromatic carbocycles. The van der Waals surface area contributed by atoms with Crippen molar-refractivity contribution in [2.45, 2.75) is 12.3 Å². The van der Waals surface area contributed by atoms with Crippen molar-refractivity contribution in [3.8, 4) is 0 Å². The van der Waals surface area contributed by atoms with Crippen molar-refractivity contribution in [2.24, 2.45) is 0 Å². The Hall–Kier alpha value is -2.72. The number of nitrogens with one attached hydrogen (secondary N) is 1. The third-order valence-electron chi connectivity index (χ3n) is 3.78. The van der Waals surface area contributed by atoms with Gasteiger partial charge in [-0.25, -0.2) is 4.98 Å². The first-order chi connectivity index (χ1) is 11.6. The van der Waals surface area contributed by atoms with E-state index < -0.39 is 5.92 Å². The van der Waals surface area contributed by atoms with Gasteiger partial charge in [-0.2, -0.15) is 0 Å². The number of hydrogen-bond acceptors (Lipinski definition) is 3. The van der Waals surface area contributed by atoms with Gasteiger partial charge in [0, 0.05) is 35.0 Å². The molecule has 24 heavy (non-hydrogen) atoms. The molecular formula is C19H15ClN2O2. The highest BCUT2D eigenvalue weighted by Gasteiger charge is 2.27. The van der Waals surface area contributed by atoms with Crippen LogP contribution in [-0.2, 0) is 0 Å². The van der Waals surface area contributed by atoms with Gasteiger partial charge in [0.15, 0.2) is 11.6 Å². The minimum atomic E-state index is -0.648. The number of ketones is 2. The van der Waals surface area contributed by atoms with Crippen molar-refractivity contribution in [2.75, 3.05) is 0 Å². The molecule has 3 aromatic rings. The lowest BCUT2D eigenvalue weighted by molar-refractivity contribution is 0.0890. The number of H-pyrrole nitrogens is 1. The van der Waals surface area contributed by atoms with E-state index in [0.29, 0.717) is 22.0 Å². The van der Waals surface area contributed by atoms with E-state index in [0.717, 1.165) is 0 Å². The summed E-state index contributed by atoms with van der Waals surface area (Å²) in [4.78, 5) is 32.5. The lowest BCUT2D eigenvalue weighted by Gasteiger charge is -2.13. The molecule has 0 saturated heterocycles. The smallest absolute Gasteiger partial charge is 0.173 e. The number of aromatic nitrogens is 2. The molecule has 3 rings (SSSR count). The number of rotatable bonds is 6. The quantitative estimate of drug-likeness (QED) is 0.681. The van der Waals surface area contributed by atoms with Crippen molar-refractivity contribution in [1.29, 1.82) is 0 Å². The number of aromatic amines is 1. The molecule has 0 saturated carbocycles. The van der Waals surface area contributed by atoms with Crippen LogP contribution in [0.25, 0.3) is 0 Å². The van der Waals surface area contributed by atoms with E-state index in [9.17, 15) is 9.59 Å². The number of hydrogen-bond donors (Lipinski definition) is 1. The fourth-order valence-electron chi connectivity index (χ4n) is 2.52. The van der Waals surface area contributed by atoms with Crippen molar-refractivity contribution in [3.05, 3.63) is 89.0 Å². The van der Waals surface area contributed by atoms with Crippen LogP contribution in [0, 0.1) is 0 Å². The molecule has 1 heterocycles. The molecule has 1 atom stereocenters. The molecule has 5 heteroatoms. The number of imidazole rings is 1. The molecule has 1 N–H and O–H groups in total. The second-order valence-electron chi connectivity index (χ2n) is 5.39. The van der Waals surface area contributed by atoms with E-state index >= 15 is 0 Å². The molecule has 0 spiro atoms. The van der Waals surface area contributed by atoms with Gasteiger partial charge >= 0.3 is 0 Å². The minimum Gasteiger partial charge on any atom is -0.348 e. The Labute approximate surface area is 144 Å². The summed E-state index contributed by atoms with van der Waals surface area (Å²) in [6, 6.07) is 15.6. The van der Waals surface area contributed by atoms with E-state index in [2.05, 4.69) is 9.97 Å². The number of carbonyl (C=O) groups excluding carboxylic acids is 2. The summed E-state index contributed by atoms with van der Waals surface area (Å²) in [5, 5.41) is 0.564. The minimum absolute atomic E-state index is 0.0445. The highest BCUT2D eigenvalue weighted by atomic mass is 35.5. The zero-order valence-corrected chi connectivity index (χ0v) is 13.5. The Morgan fingerprint density at radius 3 is 2.33 bits per heavy atom. The van der Waals surface area contributed by atoms with Crippen LogP contribution < -0.4 is 0 Å². The van der Waals surface area contributed by atoms with Crippen LogP contribution in [0.15, 0.2) is 67.0 Å². The van der Waals surface area contributed by atoms with E-state index in [1.165, 1.54) is 0 Å². The van der Waals surface area contributed by atoms with Gasteiger partial charge in [0.2, 0.25) is 0 Å². The SMILES string of the molecule is O=C(C[C@@H](C(=O)c1ccccc1)c1ncc[nH]1)c1ccc(Cl)cc1. The van der Waals surface area contributed by atoms with Crippen LogP contribution in [0.3, 0.4) is 0 Å². The van der Waals surface area contributed by atoms with E-state index in [1.807, 2.05) is 6.07 Å². The molecule has 0 aliphatic heterocycles. The van der Waals surface area contributed by atoms with E-state index in [-0.39, 0.29) is 18.0 Å². The molecule has 0 aliphatic carbocycles. The maximum absolute atomic E-state index is 12.8. The van der Waals surface area contributed by atoms with Gasteiger partial charge in [-0.1, -0.05) is 41.9 Å². The number of benzene rings is 2. The fourth-order valence-corrected chi connectivity index (χ4v) is 2.65. The van der Waals surface area contributed by atoms with Gasteiger partial charge in [0.1, 0.15) is 5.82 Å². The predicted molar refractivity (Wildman–Crippen MR) is 92.5 cm³/mol. The van der Waals surface area contributed by atoms with Crippen LogP contribution in [-0.4, -0.2) is 21.5 Å². The first kappa shape index (κ1) is 16.1. The zero-order chi connectivity index (χ0) is 16.9. The number of nitrogens with zero attached hydrogens (tertiary/aromatic N) is 1. The highest BCUT2D eigenvalue weighted by molar-refractivity contribution is 6.30. The van der Waals surface area contributed by atoms with Gasteiger partial charge in [-0.3, -0.25) is 9.59 Å². The Balaban J connectivity index is 1.87. The van der Waals surface area contributed by atoms with Gasteiger partial charge in [-0.05, 0) is 24.3 Å². The van der Waals surface area contributed by atoms with Crippen LogP contribution in [0.2, 0.25) is 5.02 Å². The van der Waals surface area contributed by atoms with Gasteiger partial charge in [-0.15, -0.1) is 0 Å². The van der Waals surface area contributed by atoms with E-state index in [1.54, 1.807) is 60.9 Å². The highest BCUT2D eigenvalue weighted by Crippen LogP contribution is 2.24. The Morgan fingerprint density at radius 2 is 1.71 bits per heavy atom. The molecule has 0 unspecified atom stereocenters. The summed E-state index contributed by atoms with van der Waals surface area (Å²) < 4.78 is 0. The second kappa shape index (κ2) is 7.23. The largest absolute Gasteiger partial charge is 0.348 e. The Kier molecular flexibility index (Phi) is 4.87. The van der Waals surface area contributed by atoms with Crippen molar-refractivity contribution in [3.63, 3.8) is 0 Å². The third kappa shape index (κ3) is 3.60. The second-order valence-corrected chi connectivity index (χ2v) is 5.83. The summed E-state index contributed by atoms with van der Waals surface area (Å²) in [5.41, 5.74) is 1.08. The molecular weight excluding hydrogens is 324 g/mol. The topological polar surface area (TPSA) is 62.8 Å². The molecule has 4 nitrogen and oxygen atoms in total. The van der Waals surface area contributed by atoms with Gasteiger partial charge in [0.05, 0.1) is 5.92 Å². The molecule has 0 aliphatic rings. The van der Waals surface area contributed by atoms with Crippen molar-refractivity contribution >= 4 is 23.2 Å². The van der Waals surface area contributed by atoms with Gasteiger partial charge in [0.25, 0.3) is 0 Å². The molecule has 120 valence electrons. The number of Topliss-reactive ketones (excluding diaryl/α,β-unsaturated/α-hetero) is 2. The standard InChI is InChI=1S/C19H15ClN2O2/c20-15-8-6-13(7-9-15)17(23)12-16(19-21-10-11-22-19)18(24)14-4-2-1-3-5-14/h1-11,16H,12H2,(H,21,22)/t16-/m0/s1. The third-order valence-corrected chi connectivity index (χ3v) is 4.03. The molecule has 0 radical (unpaired) electrons. The van der Waals surface area contributed by atoms with Crippen LogP contribution in [0.1, 0.15) is 38.9 Å². The monoisotopic (exact) mass is 338 g/mol. The summed E-state index contributed by atoms with van der Waals surface area (Å²) in [7, 11) is 0. The van der Waals surface area contributed by atoms with Crippen molar-refractivity contribution < 1.29 is 9.59 Å². The first-order valence-electron chi connectivity index (χ1n) is 7.52. The zero-order valence-electron chi connectivity index (χ0n) is 12.8. The maximum Gasteiger partial charge on any atom is 0.173 e. The number of halogens is 1. The normalized spacial score (nSPS) is 11.9. The van der Waals surface area contributed by atoms with Gasteiger partial charge < -0.3 is 4.98 Å². The molecule has 0 fully saturated rings. The molecule has 0 amide bonds. The van der Waals surface area contributed by atoms with E-state index in [4.69, 9.17) is 11.6 Å². The number of carbonyl (C=O) groups is 2. The summed E-state index contributed by atoms with van der Waals surface area (Å²) in [6.07, 6.45) is 3.27. The Bertz CT molecular complexity index is 828. The lowest BCUT2D eigenvalue weighted by atomic mass is 9.90. The summed E-state index contributed by atoms with van der Waals surface area (Å²) >= 11 is 5.85. The fraction of sp³-hybridized carbons (Fsp3) is 0.105. The lowest BCUT2D eigenvalue weighted by Crippen LogP contribution is -2.18. The summed E-state index contributed by atoms with van der Waals surface area (Å²) in [6.45, 7) is 0. The predicted octanol–water partition coefficient (Wildman–Crippen LogP) is 4.30. The average Bonchev–Trinajstić information content (AvgIpc) is 3.14. The molecule has 1 aromatic heterocycles. The first-order valence-corrected chi connectivity index (χ1v) is 7.90. The summed E-state index contributed by atoms with van der Waals surface area (Å²) in [5.74, 6) is -0.415. The van der Waals surface area contributed by atoms with Crippen LogP contribution >= 0.6 is 11.6 Å². The van der Waals surface area contributed by atoms with Crippen LogP contribution in [0.4, 0.5) is 0 Å². The maximum atomic E-state index is 12.8.